The molecule has 12 rings (SSSR count). The first-order valence-electron chi connectivity index (χ1n) is 19.7. The number of furan rings is 2. The molecule has 9 aromatic carbocycles. The SMILES string of the molecule is c1ccc(-n2c3ccccc3c3ccc(N(c4ccccc4-c4ccc5oc6ccccc6c5c4)c4ccccc4-c4cccc5c4oc4ccccc45)cc32)cc1. The lowest BCUT2D eigenvalue weighted by molar-refractivity contribution is 0.669. The molecule has 0 N–H and O–H groups in total. The van der Waals surface area contributed by atoms with E-state index in [2.05, 4.69) is 198 Å². The second-order valence-electron chi connectivity index (χ2n) is 14.8. The summed E-state index contributed by atoms with van der Waals surface area (Å²) in [6, 6.07) is 73.3. The Balaban J connectivity index is 1.15. The zero-order valence-electron chi connectivity index (χ0n) is 31.3. The minimum Gasteiger partial charge on any atom is -0.456 e. The summed E-state index contributed by atoms with van der Waals surface area (Å²) in [4.78, 5) is 2.43. The fourth-order valence-electron chi connectivity index (χ4n) is 9.02. The average Bonchev–Trinajstić information content (AvgIpc) is 3.96. The van der Waals surface area contributed by atoms with Crippen LogP contribution in [0.2, 0.25) is 0 Å². The van der Waals surface area contributed by atoms with Crippen molar-refractivity contribution in [3.8, 4) is 27.9 Å². The van der Waals surface area contributed by atoms with Crippen molar-refractivity contribution in [3.05, 3.63) is 206 Å². The Labute approximate surface area is 334 Å². The molecule has 58 heavy (non-hydrogen) atoms. The van der Waals surface area contributed by atoms with Crippen molar-refractivity contribution in [2.75, 3.05) is 4.90 Å². The third kappa shape index (κ3) is 4.95. The highest BCUT2D eigenvalue weighted by Crippen LogP contribution is 2.48. The van der Waals surface area contributed by atoms with Crippen molar-refractivity contribution in [2.24, 2.45) is 0 Å². The topological polar surface area (TPSA) is 34.5 Å². The highest BCUT2D eigenvalue weighted by Gasteiger charge is 2.24. The lowest BCUT2D eigenvalue weighted by atomic mass is 9.97. The summed E-state index contributed by atoms with van der Waals surface area (Å²) in [6.45, 7) is 0. The van der Waals surface area contributed by atoms with E-state index in [0.717, 1.165) is 94.4 Å². The Morgan fingerprint density at radius 1 is 0.345 bits per heavy atom. The first-order valence-corrected chi connectivity index (χ1v) is 19.7. The van der Waals surface area contributed by atoms with Gasteiger partial charge in [0, 0.05) is 60.4 Å². The van der Waals surface area contributed by atoms with Crippen LogP contribution in [0.5, 0.6) is 0 Å². The number of hydrogen-bond acceptors (Lipinski definition) is 3. The van der Waals surface area contributed by atoms with Gasteiger partial charge in [0.25, 0.3) is 0 Å². The molecule has 0 saturated carbocycles. The maximum atomic E-state index is 6.67. The number of aromatic nitrogens is 1. The van der Waals surface area contributed by atoms with E-state index in [-0.39, 0.29) is 0 Å². The van der Waals surface area contributed by atoms with Crippen LogP contribution >= 0.6 is 0 Å². The van der Waals surface area contributed by atoms with Crippen LogP contribution in [-0.4, -0.2) is 4.57 Å². The fourth-order valence-corrected chi connectivity index (χ4v) is 9.02. The van der Waals surface area contributed by atoms with E-state index in [1.165, 1.54) is 16.3 Å². The first-order chi connectivity index (χ1) is 28.8. The lowest BCUT2D eigenvalue weighted by Gasteiger charge is -2.30. The molecule has 272 valence electrons. The quantitative estimate of drug-likeness (QED) is 0.170. The molecule has 0 aliphatic carbocycles. The minimum absolute atomic E-state index is 0.876. The van der Waals surface area contributed by atoms with Gasteiger partial charge in [0.2, 0.25) is 0 Å². The summed E-state index contributed by atoms with van der Waals surface area (Å²) in [5.41, 5.74) is 14.4. The fraction of sp³-hybridized carbons (Fsp3) is 0. The van der Waals surface area contributed by atoms with Gasteiger partial charge in [0.1, 0.15) is 22.3 Å². The molecule has 12 aromatic rings. The number of anilines is 3. The number of para-hydroxylation sites is 7. The molecule has 0 unspecified atom stereocenters. The van der Waals surface area contributed by atoms with E-state index in [1.807, 2.05) is 18.2 Å². The molecule has 0 radical (unpaired) electrons. The Morgan fingerprint density at radius 3 is 1.76 bits per heavy atom. The van der Waals surface area contributed by atoms with E-state index in [4.69, 9.17) is 8.83 Å². The molecule has 0 fully saturated rings. The highest BCUT2D eigenvalue weighted by molar-refractivity contribution is 6.13. The number of rotatable bonds is 6. The van der Waals surface area contributed by atoms with Gasteiger partial charge in [-0.25, -0.2) is 0 Å². The zero-order valence-corrected chi connectivity index (χ0v) is 31.3. The van der Waals surface area contributed by atoms with Crippen LogP contribution in [0.3, 0.4) is 0 Å². The molecule has 3 aromatic heterocycles. The summed E-state index contributed by atoms with van der Waals surface area (Å²) in [7, 11) is 0. The molecule has 0 aliphatic heterocycles. The molecule has 4 nitrogen and oxygen atoms in total. The largest absolute Gasteiger partial charge is 0.456 e. The van der Waals surface area contributed by atoms with E-state index < -0.39 is 0 Å². The molecule has 3 heterocycles. The summed E-state index contributed by atoms with van der Waals surface area (Å²) < 4.78 is 15.3. The van der Waals surface area contributed by atoms with Gasteiger partial charge in [0.15, 0.2) is 0 Å². The first kappa shape index (κ1) is 32.4. The van der Waals surface area contributed by atoms with Gasteiger partial charge in [-0.05, 0) is 72.3 Å². The van der Waals surface area contributed by atoms with Gasteiger partial charge in [-0.3, -0.25) is 0 Å². The van der Waals surface area contributed by atoms with E-state index in [1.54, 1.807) is 0 Å². The summed E-state index contributed by atoms with van der Waals surface area (Å²) >= 11 is 0. The van der Waals surface area contributed by atoms with Crippen LogP contribution in [0.25, 0.3) is 93.6 Å². The average molecular weight is 743 g/mol. The smallest absolute Gasteiger partial charge is 0.143 e. The zero-order chi connectivity index (χ0) is 38.2. The van der Waals surface area contributed by atoms with E-state index in [0.29, 0.717) is 0 Å². The van der Waals surface area contributed by atoms with E-state index in [9.17, 15) is 0 Å². The van der Waals surface area contributed by atoms with Crippen molar-refractivity contribution in [2.45, 2.75) is 0 Å². The van der Waals surface area contributed by atoms with Crippen molar-refractivity contribution in [1.29, 1.82) is 0 Å². The minimum atomic E-state index is 0.876. The van der Waals surface area contributed by atoms with Gasteiger partial charge in [-0.15, -0.1) is 0 Å². The maximum Gasteiger partial charge on any atom is 0.143 e. The lowest BCUT2D eigenvalue weighted by Crippen LogP contribution is -2.12. The summed E-state index contributed by atoms with van der Waals surface area (Å²) in [5.74, 6) is 0. The molecule has 0 atom stereocenters. The monoisotopic (exact) mass is 742 g/mol. The van der Waals surface area contributed by atoms with Crippen molar-refractivity contribution < 1.29 is 8.83 Å². The normalized spacial score (nSPS) is 11.8. The predicted octanol–water partition coefficient (Wildman–Crippen LogP) is 15.4. The van der Waals surface area contributed by atoms with Crippen LogP contribution in [0, 0.1) is 0 Å². The second-order valence-corrected chi connectivity index (χ2v) is 14.8. The van der Waals surface area contributed by atoms with Gasteiger partial charge in [-0.1, -0.05) is 140 Å². The Hall–Kier alpha value is -7.82. The van der Waals surface area contributed by atoms with Crippen molar-refractivity contribution in [1.82, 2.24) is 4.57 Å². The molecule has 0 amide bonds. The molecule has 0 aliphatic rings. The van der Waals surface area contributed by atoms with Crippen molar-refractivity contribution in [3.63, 3.8) is 0 Å². The number of hydrogen-bond donors (Lipinski definition) is 0. The third-order valence-corrected chi connectivity index (χ3v) is 11.6. The Morgan fingerprint density at radius 2 is 0.931 bits per heavy atom. The molecule has 0 bridgehead atoms. The molecule has 0 saturated heterocycles. The standard InChI is InChI=1S/C54H34N2O2/c1-2-15-36(16-3-1)55-48-25-10-5-18-39(48)41-31-30-37(34-50(41)55)56(47-24-9-4-17-38(47)35-29-32-53-46(33-35)43-21-8-12-27-51(43)57-53)49-26-11-6-19-40(49)44-22-14-23-45-42-20-7-13-28-52(42)58-54(44)45/h1-34H. The van der Waals surface area contributed by atoms with E-state index >= 15 is 0 Å². The number of fused-ring (bicyclic) bond motifs is 9. The van der Waals surface area contributed by atoms with Crippen LogP contribution in [0.15, 0.2) is 215 Å². The Kier molecular flexibility index (Phi) is 7.20. The third-order valence-electron chi connectivity index (χ3n) is 11.6. The Bertz CT molecular complexity index is 3530. The van der Waals surface area contributed by atoms with Gasteiger partial charge in [-0.2, -0.15) is 0 Å². The van der Waals surface area contributed by atoms with Gasteiger partial charge < -0.3 is 18.3 Å². The van der Waals surface area contributed by atoms with Gasteiger partial charge >= 0.3 is 0 Å². The highest BCUT2D eigenvalue weighted by atomic mass is 16.3. The molecule has 4 heteroatoms. The summed E-state index contributed by atoms with van der Waals surface area (Å²) in [6.07, 6.45) is 0. The van der Waals surface area contributed by atoms with Crippen LogP contribution < -0.4 is 4.90 Å². The maximum absolute atomic E-state index is 6.67. The second kappa shape index (κ2) is 12.9. The molecular weight excluding hydrogens is 709 g/mol. The van der Waals surface area contributed by atoms with Crippen LogP contribution in [0.4, 0.5) is 17.1 Å². The summed E-state index contributed by atoms with van der Waals surface area (Å²) in [5, 5.41) is 6.84. The van der Waals surface area contributed by atoms with Crippen molar-refractivity contribution >= 4 is 82.7 Å². The molecule has 0 spiro atoms. The molecular formula is C54H34N2O2. The predicted molar refractivity (Wildman–Crippen MR) is 241 cm³/mol. The van der Waals surface area contributed by atoms with Crippen LogP contribution in [-0.2, 0) is 0 Å². The van der Waals surface area contributed by atoms with Gasteiger partial charge in [0.05, 0.1) is 22.4 Å². The number of benzene rings is 9. The number of nitrogens with zero attached hydrogens (tertiary/aromatic N) is 2. The van der Waals surface area contributed by atoms with Crippen LogP contribution in [0.1, 0.15) is 0 Å².